The number of benzene rings is 1. The molecule has 0 aliphatic carbocycles. The molecule has 3 N–H and O–H groups in total. The van der Waals surface area contributed by atoms with Crippen molar-refractivity contribution in [2.45, 2.75) is 32.1 Å². The number of carbonyl (C=O) groups is 1. The van der Waals surface area contributed by atoms with Crippen LogP contribution in [0.4, 0.5) is 13.2 Å². The van der Waals surface area contributed by atoms with Gasteiger partial charge in [-0.05, 0) is 24.6 Å². The first-order valence-electron chi connectivity index (χ1n) is 7.57. The summed E-state index contributed by atoms with van der Waals surface area (Å²) in [4.78, 5) is 15.5. The van der Waals surface area contributed by atoms with Crippen molar-refractivity contribution < 1.29 is 22.7 Å². The molecule has 1 amide bonds. The predicted molar refractivity (Wildman–Crippen MR) is 85.9 cm³/mol. The van der Waals surface area contributed by atoms with Gasteiger partial charge in [-0.2, -0.15) is 13.2 Å². The lowest BCUT2D eigenvalue weighted by molar-refractivity contribution is -0.138. The maximum atomic E-state index is 12.9. The maximum Gasteiger partial charge on any atom is 0.419 e. The van der Waals surface area contributed by atoms with Crippen molar-refractivity contribution >= 4 is 5.91 Å². The Morgan fingerprint density at radius 2 is 2.00 bits per heavy atom. The quantitative estimate of drug-likeness (QED) is 0.836. The summed E-state index contributed by atoms with van der Waals surface area (Å²) in [5.41, 5.74) is 5.35. The maximum absolute atomic E-state index is 12.9. The van der Waals surface area contributed by atoms with Gasteiger partial charge in [0.2, 0.25) is 11.8 Å². The van der Waals surface area contributed by atoms with Crippen LogP contribution in [0.25, 0.3) is 0 Å². The molecule has 1 atom stereocenters. The molecule has 25 heavy (non-hydrogen) atoms. The van der Waals surface area contributed by atoms with E-state index in [0.717, 1.165) is 6.07 Å². The molecule has 8 heteroatoms. The number of aromatic nitrogens is 1. The lowest BCUT2D eigenvalue weighted by Crippen LogP contribution is -2.29. The monoisotopic (exact) mass is 353 g/mol. The molecule has 1 unspecified atom stereocenters. The van der Waals surface area contributed by atoms with Crippen molar-refractivity contribution in [2.24, 2.45) is 5.73 Å². The highest BCUT2D eigenvalue weighted by atomic mass is 19.4. The number of carbonyl (C=O) groups excluding carboxylic acids is 1. The fourth-order valence-electron chi connectivity index (χ4n) is 2.04. The Labute approximate surface area is 143 Å². The van der Waals surface area contributed by atoms with Crippen LogP contribution in [0, 0.1) is 0 Å². The molecule has 2 rings (SSSR count). The van der Waals surface area contributed by atoms with Gasteiger partial charge < -0.3 is 15.8 Å². The van der Waals surface area contributed by atoms with Gasteiger partial charge in [-0.1, -0.05) is 18.2 Å². The van der Waals surface area contributed by atoms with Gasteiger partial charge in [-0.3, -0.25) is 4.79 Å². The first kappa shape index (κ1) is 18.7. The molecule has 1 aromatic heterocycles. The number of alkyl halides is 3. The summed E-state index contributed by atoms with van der Waals surface area (Å²) in [6, 6.07) is 7.74. The highest BCUT2D eigenvalue weighted by molar-refractivity contribution is 5.76. The molecular formula is C17H18F3N3O2. The van der Waals surface area contributed by atoms with Crippen molar-refractivity contribution in [3.8, 4) is 11.6 Å². The summed E-state index contributed by atoms with van der Waals surface area (Å²) in [5, 5.41) is 2.68. The third-order valence-corrected chi connectivity index (χ3v) is 3.20. The largest absolute Gasteiger partial charge is 0.438 e. The summed E-state index contributed by atoms with van der Waals surface area (Å²) in [6.45, 7) is 1.98. The number of rotatable bonds is 6. The molecule has 0 saturated heterocycles. The van der Waals surface area contributed by atoms with Crippen molar-refractivity contribution in [1.29, 1.82) is 0 Å². The Morgan fingerprint density at radius 1 is 1.28 bits per heavy atom. The minimum atomic E-state index is -4.51. The van der Waals surface area contributed by atoms with E-state index in [-0.39, 0.29) is 36.5 Å². The van der Waals surface area contributed by atoms with E-state index in [1.54, 1.807) is 13.0 Å². The first-order chi connectivity index (χ1) is 11.8. The predicted octanol–water partition coefficient (Wildman–Crippen LogP) is 3.25. The number of hydrogen-bond donors (Lipinski definition) is 2. The van der Waals surface area contributed by atoms with Gasteiger partial charge in [0.1, 0.15) is 5.75 Å². The van der Waals surface area contributed by atoms with Crippen LogP contribution >= 0.6 is 0 Å². The number of ether oxygens (including phenoxy) is 1. The van der Waals surface area contributed by atoms with E-state index < -0.39 is 11.7 Å². The molecule has 1 aromatic carbocycles. The summed E-state index contributed by atoms with van der Waals surface area (Å²) in [6.07, 6.45) is -2.87. The van der Waals surface area contributed by atoms with Crippen LogP contribution in [0.15, 0.2) is 42.6 Å². The Balaban J connectivity index is 2.01. The van der Waals surface area contributed by atoms with Crippen LogP contribution in [-0.4, -0.2) is 16.9 Å². The van der Waals surface area contributed by atoms with E-state index in [9.17, 15) is 18.0 Å². The second-order valence-electron chi connectivity index (χ2n) is 5.56. The van der Waals surface area contributed by atoms with Gasteiger partial charge >= 0.3 is 6.18 Å². The highest BCUT2D eigenvalue weighted by Crippen LogP contribution is 2.37. The lowest BCUT2D eigenvalue weighted by Gasteiger charge is -2.13. The molecule has 0 spiro atoms. The van der Waals surface area contributed by atoms with Crippen molar-refractivity contribution in [2.75, 3.05) is 0 Å². The number of nitrogens with two attached hydrogens (primary N) is 1. The second-order valence-corrected chi connectivity index (χ2v) is 5.56. The van der Waals surface area contributed by atoms with Crippen LogP contribution in [0.5, 0.6) is 11.6 Å². The molecule has 0 aliphatic rings. The third kappa shape index (κ3) is 5.75. The smallest absolute Gasteiger partial charge is 0.419 e. The molecular weight excluding hydrogens is 335 g/mol. The van der Waals surface area contributed by atoms with Crippen LogP contribution in [0.3, 0.4) is 0 Å². The van der Waals surface area contributed by atoms with Crippen molar-refractivity contribution in [3.63, 3.8) is 0 Å². The van der Waals surface area contributed by atoms with E-state index in [0.29, 0.717) is 5.56 Å². The van der Waals surface area contributed by atoms with E-state index in [2.05, 4.69) is 10.3 Å². The number of para-hydroxylation sites is 1. The molecule has 2 aromatic rings. The number of nitrogens with one attached hydrogen (secondary N) is 1. The minimum absolute atomic E-state index is 0.0300. The zero-order valence-electron chi connectivity index (χ0n) is 13.5. The van der Waals surface area contributed by atoms with Gasteiger partial charge in [0.15, 0.2) is 0 Å². The van der Waals surface area contributed by atoms with Crippen LogP contribution in [0.1, 0.15) is 24.5 Å². The Morgan fingerprint density at radius 3 is 2.60 bits per heavy atom. The fraction of sp³-hybridized carbons (Fsp3) is 0.294. The number of halogens is 3. The standard InChI is InChI=1S/C17H18F3N3O2/c1-11(21)8-15(24)22-9-12-6-7-16(23-10-12)25-14-5-3-2-4-13(14)17(18,19)20/h2-7,10-11H,8-9,21H2,1H3,(H,22,24). The SMILES string of the molecule is CC(N)CC(=O)NCc1ccc(Oc2ccccc2C(F)(F)F)nc1. The average molecular weight is 353 g/mol. The summed E-state index contributed by atoms with van der Waals surface area (Å²) >= 11 is 0. The van der Waals surface area contributed by atoms with Crippen molar-refractivity contribution in [3.05, 3.63) is 53.7 Å². The van der Waals surface area contributed by atoms with E-state index >= 15 is 0 Å². The molecule has 0 saturated carbocycles. The van der Waals surface area contributed by atoms with E-state index in [1.165, 1.54) is 30.5 Å². The number of hydrogen-bond acceptors (Lipinski definition) is 4. The Kier molecular flexibility index (Phi) is 5.97. The zero-order chi connectivity index (χ0) is 18.4. The first-order valence-corrected chi connectivity index (χ1v) is 7.57. The zero-order valence-corrected chi connectivity index (χ0v) is 13.5. The van der Waals surface area contributed by atoms with Gasteiger partial charge in [0.25, 0.3) is 0 Å². The minimum Gasteiger partial charge on any atom is -0.438 e. The number of amides is 1. The average Bonchev–Trinajstić information content (AvgIpc) is 2.53. The van der Waals surface area contributed by atoms with E-state index in [4.69, 9.17) is 10.5 Å². The van der Waals surface area contributed by atoms with Gasteiger partial charge in [0, 0.05) is 31.3 Å². The van der Waals surface area contributed by atoms with Gasteiger partial charge in [-0.15, -0.1) is 0 Å². The number of pyridine rings is 1. The lowest BCUT2D eigenvalue weighted by atomic mass is 10.2. The molecule has 5 nitrogen and oxygen atoms in total. The molecule has 134 valence electrons. The topological polar surface area (TPSA) is 77.2 Å². The summed E-state index contributed by atoms with van der Waals surface area (Å²) in [5.74, 6) is -0.475. The normalized spacial score (nSPS) is 12.5. The Bertz CT molecular complexity index is 716. The van der Waals surface area contributed by atoms with E-state index in [1.807, 2.05) is 0 Å². The highest BCUT2D eigenvalue weighted by Gasteiger charge is 2.34. The summed E-state index contributed by atoms with van der Waals surface area (Å²) < 4.78 is 44.0. The van der Waals surface area contributed by atoms with Crippen LogP contribution in [0.2, 0.25) is 0 Å². The second kappa shape index (κ2) is 7.98. The molecule has 0 radical (unpaired) electrons. The van der Waals surface area contributed by atoms with Crippen LogP contribution < -0.4 is 15.8 Å². The third-order valence-electron chi connectivity index (χ3n) is 3.20. The number of nitrogens with zero attached hydrogens (tertiary/aromatic N) is 1. The Hall–Kier alpha value is -2.61. The van der Waals surface area contributed by atoms with Gasteiger partial charge in [0.05, 0.1) is 5.56 Å². The summed E-state index contributed by atoms with van der Waals surface area (Å²) in [7, 11) is 0. The molecule has 1 heterocycles. The van der Waals surface area contributed by atoms with Gasteiger partial charge in [-0.25, -0.2) is 4.98 Å². The fourth-order valence-corrected chi connectivity index (χ4v) is 2.04. The van der Waals surface area contributed by atoms with Crippen molar-refractivity contribution in [1.82, 2.24) is 10.3 Å². The molecule has 0 fully saturated rings. The molecule has 0 bridgehead atoms. The molecule has 0 aliphatic heterocycles. The van der Waals surface area contributed by atoms with Crippen LogP contribution in [-0.2, 0) is 17.5 Å².